The highest BCUT2D eigenvalue weighted by Gasteiger charge is 2.60. The van der Waals surface area contributed by atoms with Crippen LogP contribution in [0.2, 0.25) is 0 Å². The molecule has 2 nitrogen and oxygen atoms in total. The Kier molecular flexibility index (Phi) is 3.57. The molecule has 92 valence electrons. The second-order valence-electron chi connectivity index (χ2n) is 4.54. The van der Waals surface area contributed by atoms with Gasteiger partial charge in [-0.25, -0.2) is 0 Å². The predicted octanol–water partition coefficient (Wildman–Crippen LogP) is 3.90. The summed E-state index contributed by atoms with van der Waals surface area (Å²) in [4.78, 5) is 12.0. The maximum Gasteiger partial charge on any atom is 0.312 e. The molecule has 3 heteroatoms. The predicted molar refractivity (Wildman–Crippen MR) is 70.9 cm³/mol. The van der Waals surface area contributed by atoms with Gasteiger partial charge in [-0.15, -0.1) is 0 Å². The third kappa shape index (κ3) is 2.25. The SMILES string of the molecule is CCOC(=O)C1(CC)CC1c1ccc(Br)cc1. The molecule has 1 aliphatic carbocycles. The Morgan fingerprint density at radius 2 is 2.06 bits per heavy atom. The van der Waals surface area contributed by atoms with Crippen molar-refractivity contribution in [2.75, 3.05) is 6.61 Å². The summed E-state index contributed by atoms with van der Waals surface area (Å²) >= 11 is 3.42. The summed E-state index contributed by atoms with van der Waals surface area (Å²) in [7, 11) is 0. The fourth-order valence-electron chi connectivity index (χ4n) is 2.47. The van der Waals surface area contributed by atoms with Gasteiger partial charge in [0.2, 0.25) is 0 Å². The summed E-state index contributed by atoms with van der Waals surface area (Å²) in [6.45, 7) is 4.39. The second-order valence-corrected chi connectivity index (χ2v) is 5.45. The number of halogens is 1. The Labute approximate surface area is 110 Å². The quantitative estimate of drug-likeness (QED) is 0.788. The van der Waals surface area contributed by atoms with Crippen LogP contribution in [0, 0.1) is 5.41 Å². The van der Waals surface area contributed by atoms with Gasteiger partial charge in [0.05, 0.1) is 12.0 Å². The molecule has 0 aliphatic heterocycles. The normalized spacial score (nSPS) is 26.6. The number of rotatable bonds is 4. The molecule has 0 radical (unpaired) electrons. The van der Waals surface area contributed by atoms with Gasteiger partial charge in [-0.3, -0.25) is 4.79 Å². The van der Waals surface area contributed by atoms with Gasteiger partial charge in [-0.2, -0.15) is 0 Å². The van der Waals surface area contributed by atoms with Crippen LogP contribution in [0.4, 0.5) is 0 Å². The fourth-order valence-corrected chi connectivity index (χ4v) is 2.74. The molecule has 0 saturated heterocycles. The van der Waals surface area contributed by atoms with Gasteiger partial charge in [0.15, 0.2) is 0 Å². The van der Waals surface area contributed by atoms with Crippen LogP contribution in [0.1, 0.15) is 38.2 Å². The van der Waals surface area contributed by atoms with E-state index in [1.807, 2.05) is 19.1 Å². The van der Waals surface area contributed by atoms with Crippen LogP contribution >= 0.6 is 15.9 Å². The highest BCUT2D eigenvalue weighted by molar-refractivity contribution is 9.10. The summed E-state index contributed by atoms with van der Waals surface area (Å²) in [5.41, 5.74) is 0.979. The Morgan fingerprint density at radius 3 is 2.59 bits per heavy atom. The minimum Gasteiger partial charge on any atom is -0.466 e. The molecule has 1 saturated carbocycles. The number of ether oxygens (including phenoxy) is 1. The Morgan fingerprint density at radius 1 is 1.41 bits per heavy atom. The van der Waals surface area contributed by atoms with Crippen molar-refractivity contribution in [2.45, 2.75) is 32.6 Å². The molecule has 0 N–H and O–H groups in total. The van der Waals surface area contributed by atoms with Crippen molar-refractivity contribution in [1.82, 2.24) is 0 Å². The molecule has 0 amide bonds. The zero-order valence-corrected chi connectivity index (χ0v) is 11.8. The first-order valence-corrected chi connectivity index (χ1v) is 6.86. The van der Waals surface area contributed by atoms with Gasteiger partial charge in [0, 0.05) is 10.4 Å². The summed E-state index contributed by atoms with van der Waals surface area (Å²) in [5.74, 6) is 0.301. The third-order valence-electron chi connectivity index (χ3n) is 3.66. The average molecular weight is 297 g/mol. The van der Waals surface area contributed by atoms with Crippen molar-refractivity contribution in [3.05, 3.63) is 34.3 Å². The molecule has 0 spiro atoms. The maximum absolute atomic E-state index is 12.0. The largest absolute Gasteiger partial charge is 0.466 e. The molecule has 1 fully saturated rings. The van der Waals surface area contributed by atoms with Crippen molar-refractivity contribution in [3.63, 3.8) is 0 Å². The van der Waals surface area contributed by atoms with Gasteiger partial charge in [0.1, 0.15) is 0 Å². The Hall–Kier alpha value is -0.830. The van der Waals surface area contributed by atoms with E-state index in [1.54, 1.807) is 0 Å². The number of esters is 1. The van der Waals surface area contributed by atoms with E-state index in [0.717, 1.165) is 17.3 Å². The summed E-state index contributed by atoms with van der Waals surface area (Å²) in [5, 5.41) is 0. The molecule has 2 rings (SSSR count). The van der Waals surface area contributed by atoms with Gasteiger partial charge >= 0.3 is 5.97 Å². The molecule has 2 unspecified atom stereocenters. The van der Waals surface area contributed by atoms with Gasteiger partial charge < -0.3 is 4.74 Å². The number of carbonyl (C=O) groups is 1. The molecule has 17 heavy (non-hydrogen) atoms. The topological polar surface area (TPSA) is 26.3 Å². The number of benzene rings is 1. The first-order valence-electron chi connectivity index (χ1n) is 6.06. The molecule has 1 aromatic rings. The fraction of sp³-hybridized carbons (Fsp3) is 0.500. The lowest BCUT2D eigenvalue weighted by Crippen LogP contribution is -2.20. The van der Waals surface area contributed by atoms with E-state index >= 15 is 0 Å². The van der Waals surface area contributed by atoms with E-state index in [0.29, 0.717) is 12.5 Å². The Balaban J connectivity index is 2.15. The zero-order chi connectivity index (χ0) is 12.5. The number of hydrogen-bond donors (Lipinski definition) is 0. The highest BCUT2D eigenvalue weighted by atomic mass is 79.9. The van der Waals surface area contributed by atoms with E-state index in [9.17, 15) is 4.79 Å². The van der Waals surface area contributed by atoms with E-state index in [-0.39, 0.29) is 11.4 Å². The molecule has 0 aromatic heterocycles. The molecule has 1 aromatic carbocycles. The molecule has 1 aliphatic rings. The average Bonchev–Trinajstić information content (AvgIpc) is 3.06. The van der Waals surface area contributed by atoms with Crippen LogP contribution in [-0.4, -0.2) is 12.6 Å². The minimum atomic E-state index is -0.260. The van der Waals surface area contributed by atoms with E-state index < -0.39 is 0 Å². The van der Waals surface area contributed by atoms with E-state index in [4.69, 9.17) is 4.74 Å². The van der Waals surface area contributed by atoms with Crippen LogP contribution in [0.15, 0.2) is 28.7 Å². The van der Waals surface area contributed by atoms with Crippen molar-refractivity contribution in [2.24, 2.45) is 5.41 Å². The number of carbonyl (C=O) groups excluding carboxylic acids is 1. The summed E-state index contributed by atoms with van der Waals surface area (Å²) < 4.78 is 6.26. The lowest BCUT2D eigenvalue weighted by molar-refractivity contribution is -0.150. The monoisotopic (exact) mass is 296 g/mol. The Bertz CT molecular complexity index is 413. The standard InChI is InChI=1S/C14H17BrO2/c1-3-14(13(16)17-4-2)9-12(14)10-5-7-11(15)8-6-10/h5-8,12H,3-4,9H2,1-2H3. The molecular formula is C14H17BrO2. The van der Waals surface area contributed by atoms with Crippen LogP contribution in [-0.2, 0) is 9.53 Å². The van der Waals surface area contributed by atoms with Crippen molar-refractivity contribution < 1.29 is 9.53 Å². The van der Waals surface area contributed by atoms with Crippen molar-refractivity contribution >= 4 is 21.9 Å². The first kappa shape index (κ1) is 12.6. The number of hydrogen-bond acceptors (Lipinski definition) is 2. The smallest absolute Gasteiger partial charge is 0.312 e. The van der Waals surface area contributed by atoms with Crippen LogP contribution in [0.25, 0.3) is 0 Å². The van der Waals surface area contributed by atoms with E-state index in [1.165, 1.54) is 5.56 Å². The molecule has 2 atom stereocenters. The highest BCUT2D eigenvalue weighted by Crippen LogP contribution is 2.62. The van der Waals surface area contributed by atoms with E-state index in [2.05, 4.69) is 35.0 Å². The van der Waals surface area contributed by atoms with Crippen molar-refractivity contribution in [3.8, 4) is 0 Å². The van der Waals surface area contributed by atoms with Gasteiger partial charge in [-0.05, 0) is 37.5 Å². The van der Waals surface area contributed by atoms with Crippen LogP contribution in [0.3, 0.4) is 0 Å². The molecule has 0 heterocycles. The maximum atomic E-state index is 12.0. The molecule has 0 bridgehead atoms. The first-order chi connectivity index (χ1) is 8.14. The lowest BCUT2D eigenvalue weighted by Gasteiger charge is -2.13. The van der Waals surface area contributed by atoms with Crippen molar-refractivity contribution in [1.29, 1.82) is 0 Å². The van der Waals surface area contributed by atoms with Gasteiger partial charge in [0.25, 0.3) is 0 Å². The second kappa shape index (κ2) is 4.81. The minimum absolute atomic E-state index is 0.0320. The van der Waals surface area contributed by atoms with Gasteiger partial charge in [-0.1, -0.05) is 35.0 Å². The lowest BCUT2D eigenvalue weighted by atomic mass is 9.96. The summed E-state index contributed by atoms with van der Waals surface area (Å²) in [6, 6.07) is 8.23. The van der Waals surface area contributed by atoms with Crippen LogP contribution < -0.4 is 0 Å². The summed E-state index contributed by atoms with van der Waals surface area (Å²) in [6.07, 6.45) is 1.77. The molecular weight excluding hydrogens is 280 g/mol. The third-order valence-corrected chi connectivity index (χ3v) is 4.19. The zero-order valence-electron chi connectivity index (χ0n) is 10.2. The van der Waals surface area contributed by atoms with Crippen LogP contribution in [0.5, 0.6) is 0 Å².